The van der Waals surface area contributed by atoms with E-state index in [1.165, 1.54) is 66.7 Å². The number of imide groups is 10. The van der Waals surface area contributed by atoms with Crippen molar-refractivity contribution in [2.24, 2.45) is 0 Å². The molecule has 7 N–H and O–H groups in total. The highest BCUT2D eigenvalue weighted by Crippen LogP contribution is 2.40. The standard InChI is InChI=1S/C19H20N2O8S.C19H20N2O7S.C19H20N2O6S.C15H12N2O8S.C15H12N2O7S/c1-19(2,3)29-14(23)9-30(27,28)12-6-4-5-10-15(12)18(26)21(17(10)25)11-7-8-13(22)20-16(11)24;1-19(2,3)28-14(23)9-29(27)12-6-4-5-10-15(12)18(26)21(17(10)25)11-7-8-13(22)20-16(11)24;1-19(2,3)27-14(23)9-28-12-6-4-5-10-15(12)18(26)21(17(10)25)11-7-8-13(22)20-16(11)24;18-10-5-4-8(13(21)16-10)17-14(22)7-2-1-3-9(12(7)15(17)23)26(24,25)6-11(19)20;18-10-5-4-8(13(21)16-10)17-14(22)7-2-1-3-9(12(7)15(17)23)25(24)6-11(19)20/h4-6,11H,7-9H2,1-3H3,(H,20,22,24);4-6,11H,7-9H2,1-3H3,(H,20,22,24);4-6,11H,7-9H2,1-3H3,(H,20,22,24);1-3,8H,4-6H2,(H,19,20)(H,16,18,21);1-3,8H,4-6H2,(H,19,20)(H,16,18,21). The Bertz CT molecular complexity index is 6580. The number of piperidine rings is 5. The number of ether oxygens (including phenoxy) is 3. The largest absolute Gasteiger partial charge is 0.481 e. The molecule has 10 aliphatic heterocycles. The monoisotopic (exact) mass is 2000 g/mol. The fourth-order valence-corrected chi connectivity index (χ4v) is 21.1. The maximum absolute atomic E-state index is 13.0. The van der Waals surface area contributed by atoms with E-state index >= 15 is 0 Å². The molecule has 5 saturated heterocycles. The van der Waals surface area contributed by atoms with Crippen LogP contribution in [-0.4, -0.2) is 284 Å². The Balaban J connectivity index is 0.000000166. The first-order valence-corrected chi connectivity index (χ1v) is 48.4. The number of hydrogen-bond donors (Lipinski definition) is 7. The van der Waals surface area contributed by atoms with E-state index in [1.807, 2.05) is 5.32 Å². The zero-order valence-corrected chi connectivity index (χ0v) is 78.3. The molecular weight excluding hydrogens is 1920 g/mol. The van der Waals surface area contributed by atoms with Crippen molar-refractivity contribution in [3.8, 4) is 0 Å². The molecule has 51 heteroatoms. The molecule has 5 fully saturated rings. The van der Waals surface area contributed by atoms with Crippen LogP contribution in [-0.2, 0) is 127 Å². The van der Waals surface area contributed by atoms with Gasteiger partial charge in [0.2, 0.25) is 59.1 Å². The number of aliphatic carboxylic acids is 2. The molecule has 0 bridgehead atoms. The molecule has 15 rings (SSSR count). The summed E-state index contributed by atoms with van der Waals surface area (Å²) in [5.41, 5.74) is -3.46. The molecule has 5 aromatic carbocycles. The number of benzene rings is 5. The predicted molar refractivity (Wildman–Crippen MR) is 466 cm³/mol. The SMILES string of the molecule is CC(C)(C)OC(=O)CS(=O)(=O)c1cccc2c1C(=O)N(C1CCC(=O)NC1=O)C2=O.CC(C)(C)OC(=O)CS(=O)c1cccc2c1C(=O)N(C1CCC(=O)NC1=O)C2=O.CC(C)(C)OC(=O)CSc1cccc2c1C(=O)N(C1CCC(=O)NC1=O)C2=O.O=C(O)CS(=O)(=O)c1cccc2c1C(=O)N(C1CCC(=O)NC1=O)C2=O.O=C(O)CS(=O)c1cccc2c1C(=O)N(C1CCC(=O)NC1=O)C2=O. The van der Waals surface area contributed by atoms with E-state index < -0.39 is 280 Å². The molecular formula is C87H84N10O36S5. The minimum absolute atomic E-state index is 0.00123. The summed E-state index contributed by atoms with van der Waals surface area (Å²) in [5.74, 6) is -22.6. The molecule has 10 aliphatic rings. The van der Waals surface area contributed by atoms with E-state index in [0.717, 1.165) is 38.6 Å². The Morgan fingerprint density at radius 3 is 0.906 bits per heavy atom. The Hall–Kier alpha value is -14.6. The highest BCUT2D eigenvalue weighted by molar-refractivity contribution is 8.00. The molecule has 0 spiro atoms. The van der Waals surface area contributed by atoms with Crippen LogP contribution in [0.5, 0.6) is 0 Å². The van der Waals surface area contributed by atoms with Crippen LogP contribution in [0.4, 0.5) is 0 Å². The van der Waals surface area contributed by atoms with E-state index in [2.05, 4.69) is 21.3 Å². The summed E-state index contributed by atoms with van der Waals surface area (Å²) in [6, 6.07) is 14.5. The van der Waals surface area contributed by atoms with E-state index in [-0.39, 0.29) is 124 Å². The first kappa shape index (κ1) is 104. The third-order valence-electron chi connectivity index (χ3n) is 21.0. The Kier molecular flexibility index (Phi) is 30.7. The zero-order chi connectivity index (χ0) is 102. The van der Waals surface area contributed by atoms with Crippen molar-refractivity contribution in [3.63, 3.8) is 0 Å². The summed E-state index contributed by atoms with van der Waals surface area (Å²) in [5, 5.41) is 28.0. The van der Waals surface area contributed by atoms with E-state index in [9.17, 15) is 145 Å². The summed E-state index contributed by atoms with van der Waals surface area (Å²) in [6.07, 6.45) is -0.106. The highest BCUT2D eigenvalue weighted by atomic mass is 32.2. The smallest absolute Gasteiger partial charge is 0.322 e. The second-order valence-corrected chi connectivity index (χ2v) is 42.2. The number of hydrogen-bond acceptors (Lipinski definition) is 35. The maximum atomic E-state index is 13.0. The van der Waals surface area contributed by atoms with Gasteiger partial charge in [0.25, 0.3) is 59.1 Å². The topological polar surface area (TPSA) is 674 Å². The highest BCUT2D eigenvalue weighted by Gasteiger charge is 2.53. The van der Waals surface area contributed by atoms with Gasteiger partial charge in [-0.15, -0.1) is 11.8 Å². The number of thioether (sulfide) groups is 1. The molecule has 0 aromatic heterocycles. The fraction of sp³-hybridized carbons (Fsp3) is 0.368. The molecule has 138 heavy (non-hydrogen) atoms. The number of carboxylic acids is 2. The quantitative estimate of drug-likeness (QED) is 0.0241. The summed E-state index contributed by atoms with van der Waals surface area (Å²) in [6.45, 7) is 15.0. The van der Waals surface area contributed by atoms with Gasteiger partial charge in [-0.25, -0.2) is 16.8 Å². The van der Waals surface area contributed by atoms with Gasteiger partial charge in [-0.2, -0.15) is 0 Å². The number of amides is 20. The average Bonchev–Trinajstić information content (AvgIpc) is 1.62. The Labute approximate surface area is 790 Å². The number of esters is 3. The van der Waals surface area contributed by atoms with Crippen LogP contribution in [0.1, 0.15) is 230 Å². The van der Waals surface area contributed by atoms with Gasteiger partial charge in [0.1, 0.15) is 58.5 Å². The molecule has 0 aliphatic carbocycles. The number of carbonyl (C=O) groups is 25. The lowest BCUT2D eigenvalue weighted by Crippen LogP contribution is -2.54. The van der Waals surface area contributed by atoms with Gasteiger partial charge >= 0.3 is 29.8 Å². The fourth-order valence-electron chi connectivity index (χ4n) is 15.5. The first-order chi connectivity index (χ1) is 64.3. The van der Waals surface area contributed by atoms with E-state index in [1.54, 1.807) is 74.4 Å². The lowest BCUT2D eigenvalue weighted by molar-refractivity contribution is -0.152. The van der Waals surface area contributed by atoms with Crippen LogP contribution in [0.3, 0.4) is 0 Å². The van der Waals surface area contributed by atoms with Gasteiger partial charge in [-0.05, 0) is 155 Å². The first-order valence-electron chi connectivity index (χ1n) is 41.5. The lowest BCUT2D eigenvalue weighted by atomic mass is 10.0. The van der Waals surface area contributed by atoms with E-state index in [0.29, 0.717) is 14.7 Å². The van der Waals surface area contributed by atoms with Gasteiger partial charge in [-0.3, -0.25) is 179 Å². The van der Waals surface area contributed by atoms with Gasteiger partial charge < -0.3 is 24.4 Å². The Morgan fingerprint density at radius 2 is 0.601 bits per heavy atom. The molecule has 5 aromatic rings. The van der Waals surface area contributed by atoms with Crippen molar-refractivity contribution in [3.05, 3.63) is 147 Å². The number of fused-ring (bicyclic) bond motifs is 5. The molecule has 0 saturated carbocycles. The van der Waals surface area contributed by atoms with Crippen molar-refractivity contribution in [2.75, 3.05) is 28.8 Å². The van der Waals surface area contributed by atoms with Crippen molar-refractivity contribution >= 4 is 201 Å². The second kappa shape index (κ2) is 40.7. The van der Waals surface area contributed by atoms with Crippen molar-refractivity contribution in [1.82, 2.24) is 51.1 Å². The molecule has 7 unspecified atom stereocenters. The number of sulfone groups is 2. The molecule has 7 atom stereocenters. The minimum Gasteiger partial charge on any atom is -0.481 e. The minimum atomic E-state index is -4.37. The molecule has 0 radical (unpaired) electrons. The molecule has 10 heterocycles. The lowest BCUT2D eigenvalue weighted by Gasteiger charge is -2.27. The van der Waals surface area contributed by atoms with Crippen LogP contribution < -0.4 is 26.6 Å². The molecule has 46 nitrogen and oxygen atoms in total. The number of rotatable bonds is 20. The van der Waals surface area contributed by atoms with Crippen LogP contribution in [0.25, 0.3) is 0 Å². The summed E-state index contributed by atoms with van der Waals surface area (Å²) in [4.78, 5) is 305. The van der Waals surface area contributed by atoms with Gasteiger partial charge in [0.05, 0.1) is 103 Å². The second-order valence-electron chi connectivity index (χ2n) is 34.5. The average molecular weight is 2010 g/mol. The van der Waals surface area contributed by atoms with Crippen molar-refractivity contribution in [2.45, 2.75) is 198 Å². The number of carboxylic acid groups (broad SMARTS) is 2. The summed E-state index contributed by atoms with van der Waals surface area (Å²) in [7, 11) is -12.6. The number of nitrogens with zero attached hydrogens (tertiary/aromatic N) is 5. The van der Waals surface area contributed by atoms with Gasteiger partial charge in [0, 0.05) is 37.0 Å². The normalized spacial score (nSPS) is 20.1. The third-order valence-corrected chi connectivity index (χ3v) is 28.0. The number of carbonyl (C=O) groups excluding carboxylic acids is 23. The van der Waals surface area contributed by atoms with Crippen molar-refractivity contribution in [1.29, 1.82) is 0 Å². The summed E-state index contributed by atoms with van der Waals surface area (Å²) < 4.78 is 90.5. The van der Waals surface area contributed by atoms with Crippen LogP contribution in [0.2, 0.25) is 0 Å². The Morgan fingerprint density at radius 1 is 0.341 bits per heavy atom. The third kappa shape index (κ3) is 22.7. The molecule has 728 valence electrons. The molecule has 20 amide bonds. The predicted octanol–water partition coefficient (Wildman–Crippen LogP) is 0.488. The maximum Gasteiger partial charge on any atom is 0.322 e. The van der Waals surface area contributed by atoms with Gasteiger partial charge in [-0.1, -0.05) is 30.3 Å². The van der Waals surface area contributed by atoms with Gasteiger partial charge in [0.15, 0.2) is 31.2 Å². The van der Waals surface area contributed by atoms with Crippen LogP contribution in [0.15, 0.2) is 115 Å². The van der Waals surface area contributed by atoms with Crippen LogP contribution in [0, 0.1) is 0 Å². The van der Waals surface area contributed by atoms with Crippen LogP contribution >= 0.6 is 11.8 Å². The van der Waals surface area contributed by atoms with E-state index in [4.69, 9.17) is 24.4 Å². The van der Waals surface area contributed by atoms with Crippen molar-refractivity contribution < 1.29 is 170 Å². The zero-order valence-electron chi connectivity index (χ0n) is 74.2. The number of nitrogens with one attached hydrogen (secondary N) is 5. The summed E-state index contributed by atoms with van der Waals surface area (Å²) >= 11 is 1.10.